The van der Waals surface area contributed by atoms with Crippen molar-refractivity contribution in [3.8, 4) is 0 Å². The Morgan fingerprint density at radius 1 is 1.09 bits per heavy atom. The van der Waals surface area contributed by atoms with E-state index in [4.69, 9.17) is 5.11 Å². The van der Waals surface area contributed by atoms with Crippen LogP contribution in [0.2, 0.25) is 0 Å². The van der Waals surface area contributed by atoms with Crippen molar-refractivity contribution in [2.45, 2.75) is 13.8 Å². The summed E-state index contributed by atoms with van der Waals surface area (Å²) in [6.45, 7) is 9.77. The summed E-state index contributed by atoms with van der Waals surface area (Å²) in [6, 6.07) is 1.72. The van der Waals surface area contributed by atoms with Gasteiger partial charge in [0.25, 0.3) is 0 Å². The molecule has 0 unspecified atom stereocenters. The quantitative estimate of drug-likeness (QED) is 0.639. The van der Waals surface area contributed by atoms with Gasteiger partial charge in [0, 0.05) is 11.1 Å². The zero-order chi connectivity index (χ0) is 17.4. The molecule has 0 spiro atoms. The van der Waals surface area contributed by atoms with Gasteiger partial charge in [-0.25, -0.2) is 9.59 Å². The maximum atomic E-state index is 10.5. The van der Waals surface area contributed by atoms with Crippen LogP contribution in [0.1, 0.15) is 13.8 Å². The number of aliphatic hydroxyl groups is 1. The smallest absolute Gasteiger partial charge is 0.333 e. The molecule has 0 aromatic carbocycles. The van der Waals surface area contributed by atoms with E-state index in [0.29, 0.717) is 11.1 Å². The Hall–Kier alpha value is -2.61. The van der Waals surface area contributed by atoms with Crippen LogP contribution in [0.3, 0.4) is 0 Å². The molecule has 0 fully saturated rings. The van der Waals surface area contributed by atoms with E-state index in [1.807, 2.05) is 0 Å². The van der Waals surface area contributed by atoms with Gasteiger partial charge >= 0.3 is 11.9 Å². The number of carbonyl (C=O) groups excluding carboxylic acids is 2. The molecule has 1 heterocycles. The Labute approximate surface area is 129 Å². The van der Waals surface area contributed by atoms with Gasteiger partial charge in [0.2, 0.25) is 0 Å². The van der Waals surface area contributed by atoms with Gasteiger partial charge in [-0.3, -0.25) is 0 Å². The highest BCUT2D eigenvalue weighted by molar-refractivity contribution is 5.87. The second-order valence-electron chi connectivity index (χ2n) is 3.72. The molecule has 122 valence electrons. The Balaban J connectivity index is 0. The van der Waals surface area contributed by atoms with Gasteiger partial charge in [0.1, 0.15) is 6.61 Å². The molecule has 0 aliphatic heterocycles. The number of esters is 2. The first-order valence-electron chi connectivity index (χ1n) is 6.12. The van der Waals surface area contributed by atoms with Crippen molar-refractivity contribution in [3.05, 3.63) is 42.8 Å². The molecule has 8 heteroatoms. The number of aliphatic hydroxyl groups excluding tert-OH is 1. The van der Waals surface area contributed by atoms with Gasteiger partial charge in [0.05, 0.1) is 26.1 Å². The van der Waals surface area contributed by atoms with E-state index in [9.17, 15) is 9.59 Å². The number of rotatable bonds is 4. The topological polar surface area (TPSA) is 112 Å². The van der Waals surface area contributed by atoms with E-state index in [0.717, 1.165) is 0 Å². The third-order valence-electron chi connectivity index (χ3n) is 1.62. The van der Waals surface area contributed by atoms with Gasteiger partial charge in [-0.1, -0.05) is 13.2 Å². The summed E-state index contributed by atoms with van der Waals surface area (Å²) in [5.41, 5.74) is 0.783. The van der Waals surface area contributed by atoms with Crippen LogP contribution >= 0.6 is 0 Å². The summed E-state index contributed by atoms with van der Waals surface area (Å²) in [5.74, 6) is -0.802. The van der Waals surface area contributed by atoms with Crippen LogP contribution in [-0.2, 0) is 19.1 Å². The zero-order valence-electron chi connectivity index (χ0n) is 13.0. The van der Waals surface area contributed by atoms with Crippen LogP contribution in [0.5, 0.6) is 0 Å². The van der Waals surface area contributed by atoms with Crippen molar-refractivity contribution in [3.63, 3.8) is 0 Å². The summed E-state index contributed by atoms with van der Waals surface area (Å²) in [5, 5.41) is 18.3. The fraction of sp³-hybridized carbons (Fsp3) is 0.357. The molecule has 0 bridgehead atoms. The van der Waals surface area contributed by atoms with Crippen molar-refractivity contribution in [2.24, 2.45) is 0 Å². The first kappa shape index (κ1) is 21.7. The van der Waals surface area contributed by atoms with Gasteiger partial charge in [-0.05, 0) is 25.1 Å². The third-order valence-corrected chi connectivity index (χ3v) is 1.62. The lowest BCUT2D eigenvalue weighted by atomic mass is 10.4. The molecule has 1 N–H and O–H groups in total. The molecule has 8 nitrogen and oxygen atoms in total. The normalized spacial score (nSPS) is 8.18. The van der Waals surface area contributed by atoms with Crippen LogP contribution in [0.25, 0.3) is 0 Å². The summed E-state index contributed by atoms with van der Waals surface area (Å²) in [4.78, 5) is 20.7. The number of nitrogens with zero attached hydrogens (tertiary/aromatic N) is 3. The molecular weight excluding hydrogens is 290 g/mol. The first-order valence-corrected chi connectivity index (χ1v) is 6.12. The molecule has 22 heavy (non-hydrogen) atoms. The monoisotopic (exact) mass is 311 g/mol. The minimum absolute atomic E-state index is 0.0473. The highest BCUT2D eigenvalue weighted by Crippen LogP contribution is 1.90. The molecular formula is C14H21N3O5. The minimum atomic E-state index is -0.455. The molecule has 0 aliphatic carbocycles. The third kappa shape index (κ3) is 15.4. The first-order chi connectivity index (χ1) is 10.4. The van der Waals surface area contributed by atoms with Gasteiger partial charge in [-0.15, -0.1) is 10.2 Å². The minimum Gasteiger partial charge on any atom is -0.466 e. The van der Waals surface area contributed by atoms with Crippen molar-refractivity contribution in [1.82, 2.24) is 15.4 Å². The highest BCUT2D eigenvalue weighted by Gasteiger charge is 1.99. The average molecular weight is 311 g/mol. The number of hydrogen-bond donors (Lipinski definition) is 1. The summed E-state index contributed by atoms with van der Waals surface area (Å²) in [6.07, 6.45) is 3.15. The molecule has 0 saturated heterocycles. The van der Waals surface area contributed by atoms with E-state index in [-0.39, 0.29) is 19.2 Å². The lowest BCUT2D eigenvalue weighted by molar-refractivity contribution is -0.140. The standard InChI is InChI=1S/C6H10O3.C5H8O2.C3H3N3/c1-5(2)6(8)9-4-3-7;1-4(2)5(6)7-3;1-2-4-6-5-3-1/h7H,1,3-4H2,2H3;1H2,2-3H3;1-3H. The number of carbonyl (C=O) groups is 2. The van der Waals surface area contributed by atoms with Crippen molar-refractivity contribution in [2.75, 3.05) is 20.3 Å². The molecule has 1 aromatic heterocycles. The van der Waals surface area contributed by atoms with Gasteiger partial charge < -0.3 is 14.6 Å². The molecule has 0 aliphatic rings. The fourth-order valence-electron chi connectivity index (χ4n) is 0.641. The molecule has 0 amide bonds. The summed E-state index contributed by atoms with van der Waals surface area (Å²) in [7, 11) is 1.33. The molecule has 0 radical (unpaired) electrons. The Morgan fingerprint density at radius 3 is 1.77 bits per heavy atom. The SMILES string of the molecule is C=C(C)C(=O)OC.C=C(C)C(=O)OCCO.c1cnnnc1. The van der Waals surface area contributed by atoms with Gasteiger partial charge in [0.15, 0.2) is 0 Å². The van der Waals surface area contributed by atoms with Crippen LogP contribution < -0.4 is 0 Å². The Kier molecular flexibility index (Phi) is 14.6. The molecule has 0 saturated carbocycles. The number of ether oxygens (including phenoxy) is 2. The van der Waals surface area contributed by atoms with E-state index in [2.05, 4.69) is 38.0 Å². The maximum Gasteiger partial charge on any atom is 0.333 e. The van der Waals surface area contributed by atoms with E-state index >= 15 is 0 Å². The van der Waals surface area contributed by atoms with Crippen molar-refractivity contribution < 1.29 is 24.2 Å². The maximum absolute atomic E-state index is 10.5. The Morgan fingerprint density at radius 2 is 1.59 bits per heavy atom. The van der Waals surface area contributed by atoms with Crippen molar-refractivity contribution in [1.29, 1.82) is 0 Å². The second kappa shape index (κ2) is 14.8. The highest BCUT2D eigenvalue weighted by atomic mass is 16.5. The van der Waals surface area contributed by atoms with E-state index < -0.39 is 5.97 Å². The molecule has 1 rings (SSSR count). The predicted molar refractivity (Wildman–Crippen MR) is 79.5 cm³/mol. The predicted octanol–water partition coefficient (Wildman–Crippen LogP) is 0.705. The van der Waals surface area contributed by atoms with Crippen LogP contribution in [-0.4, -0.2) is 52.8 Å². The van der Waals surface area contributed by atoms with Gasteiger partial charge in [-0.2, -0.15) is 0 Å². The Bertz CT molecular complexity index is 436. The largest absolute Gasteiger partial charge is 0.466 e. The fourth-order valence-corrected chi connectivity index (χ4v) is 0.641. The van der Waals surface area contributed by atoms with Crippen molar-refractivity contribution >= 4 is 11.9 Å². The molecule has 1 aromatic rings. The second-order valence-corrected chi connectivity index (χ2v) is 3.72. The number of aromatic nitrogens is 3. The summed E-state index contributed by atoms with van der Waals surface area (Å²) < 4.78 is 8.74. The van der Waals surface area contributed by atoms with Crippen LogP contribution in [0.4, 0.5) is 0 Å². The lowest BCUT2D eigenvalue weighted by Crippen LogP contribution is -2.08. The lowest BCUT2D eigenvalue weighted by Gasteiger charge is -1.99. The van der Waals surface area contributed by atoms with E-state index in [1.54, 1.807) is 32.3 Å². The molecule has 0 atom stereocenters. The summed E-state index contributed by atoms with van der Waals surface area (Å²) >= 11 is 0. The van der Waals surface area contributed by atoms with Crippen LogP contribution in [0, 0.1) is 0 Å². The number of methoxy groups -OCH3 is 1. The average Bonchev–Trinajstić information content (AvgIpc) is 2.54. The van der Waals surface area contributed by atoms with E-state index in [1.165, 1.54) is 7.11 Å². The van der Waals surface area contributed by atoms with Crippen LogP contribution in [0.15, 0.2) is 42.8 Å². The number of hydrogen-bond acceptors (Lipinski definition) is 8. The zero-order valence-corrected chi connectivity index (χ0v) is 13.0.